The fourth-order valence-corrected chi connectivity index (χ4v) is 3.99. The molecule has 0 bridgehead atoms. The molecule has 1 aliphatic rings. The molecule has 2 nitrogen and oxygen atoms in total. The Balaban J connectivity index is 0.000000251. The van der Waals surface area contributed by atoms with E-state index in [-0.39, 0.29) is 5.84 Å². The molecule has 140 valence electrons. The Morgan fingerprint density at radius 2 is 1.52 bits per heavy atom. The van der Waals surface area contributed by atoms with Gasteiger partial charge in [0.2, 0.25) is 0 Å². The molecule has 1 aliphatic carbocycles. The number of hydrogen-bond acceptors (Lipinski definition) is 1. The highest BCUT2D eigenvalue weighted by atomic mass is 14.7. The summed E-state index contributed by atoms with van der Waals surface area (Å²) >= 11 is 0. The number of benzene rings is 1. The normalized spacial score (nSPS) is 16.6. The first-order valence-electron chi connectivity index (χ1n) is 9.94. The van der Waals surface area contributed by atoms with Gasteiger partial charge in [0.05, 0.1) is 0 Å². The maximum Gasteiger partial charge on any atom is 0.122 e. The van der Waals surface area contributed by atoms with E-state index in [0.717, 1.165) is 28.0 Å². The number of allylic oxidation sites excluding steroid dienone is 1. The third kappa shape index (κ3) is 7.05. The Kier molecular flexibility index (Phi) is 8.96. The summed E-state index contributed by atoms with van der Waals surface area (Å²) in [5, 5.41) is 7.17. The van der Waals surface area contributed by atoms with Crippen LogP contribution in [0.15, 0.2) is 30.8 Å². The van der Waals surface area contributed by atoms with Gasteiger partial charge in [0.1, 0.15) is 5.84 Å². The van der Waals surface area contributed by atoms with E-state index in [1.807, 2.05) is 31.2 Å². The minimum Gasteiger partial charge on any atom is -0.384 e. The zero-order valence-corrected chi connectivity index (χ0v) is 16.8. The Morgan fingerprint density at radius 1 is 1.08 bits per heavy atom. The molecule has 0 saturated heterocycles. The lowest BCUT2D eigenvalue weighted by atomic mass is 9.66. The van der Waals surface area contributed by atoms with Crippen LogP contribution in [0.1, 0.15) is 90.2 Å². The molecule has 0 atom stereocenters. The van der Waals surface area contributed by atoms with Crippen molar-refractivity contribution in [2.75, 3.05) is 0 Å². The van der Waals surface area contributed by atoms with Crippen molar-refractivity contribution in [2.45, 2.75) is 79.1 Å². The maximum absolute atomic E-state index is 7.17. The lowest BCUT2D eigenvalue weighted by Crippen LogP contribution is -2.26. The van der Waals surface area contributed by atoms with Crippen molar-refractivity contribution in [3.63, 3.8) is 0 Å². The molecule has 0 heterocycles. The third-order valence-electron chi connectivity index (χ3n) is 5.58. The summed E-state index contributed by atoms with van der Waals surface area (Å²) < 4.78 is 0. The highest BCUT2D eigenvalue weighted by Gasteiger charge is 2.31. The first-order valence-corrected chi connectivity index (χ1v) is 9.94. The van der Waals surface area contributed by atoms with E-state index in [9.17, 15) is 0 Å². The highest BCUT2D eigenvalue weighted by Crippen LogP contribution is 2.45. The van der Waals surface area contributed by atoms with Crippen LogP contribution in [-0.4, -0.2) is 5.84 Å². The molecule has 1 aromatic rings. The molecule has 0 radical (unpaired) electrons. The SMILES string of the molecule is C=C(C)c1ccc(C(=N)N)cc1.CCCC1(CCC)CCC(C)CC1. The summed E-state index contributed by atoms with van der Waals surface area (Å²) in [5.74, 6) is 1.10. The predicted molar refractivity (Wildman–Crippen MR) is 112 cm³/mol. The van der Waals surface area contributed by atoms with Gasteiger partial charge in [-0.3, -0.25) is 5.41 Å². The standard InChI is InChI=1S/C13H26.C10H12N2/c1-4-8-13(9-5-2)10-6-12(3)7-11-13;1-7(2)8-3-5-9(6-4-8)10(11)12/h12H,4-11H2,1-3H3;3-6H,1H2,2H3,(H3,11,12). The Hall–Kier alpha value is -1.57. The van der Waals surface area contributed by atoms with Gasteiger partial charge in [-0.05, 0) is 49.5 Å². The number of hydrogen-bond donors (Lipinski definition) is 2. The zero-order chi connectivity index (χ0) is 18.9. The van der Waals surface area contributed by atoms with Gasteiger partial charge in [0.15, 0.2) is 0 Å². The summed E-state index contributed by atoms with van der Waals surface area (Å²) in [6.07, 6.45) is 11.7. The molecule has 1 fully saturated rings. The van der Waals surface area contributed by atoms with Crippen molar-refractivity contribution in [1.82, 2.24) is 0 Å². The molecule has 0 aromatic heterocycles. The summed E-state index contributed by atoms with van der Waals surface area (Å²) in [4.78, 5) is 0. The molecule has 2 rings (SSSR count). The topological polar surface area (TPSA) is 49.9 Å². The number of nitrogens with one attached hydrogen (secondary N) is 1. The van der Waals surface area contributed by atoms with Crippen LogP contribution < -0.4 is 5.73 Å². The second-order valence-electron chi connectivity index (χ2n) is 7.95. The first-order chi connectivity index (χ1) is 11.8. The van der Waals surface area contributed by atoms with E-state index >= 15 is 0 Å². The fourth-order valence-electron chi connectivity index (χ4n) is 3.99. The van der Waals surface area contributed by atoms with Gasteiger partial charge in [-0.1, -0.05) is 82.9 Å². The molecule has 1 aromatic carbocycles. The minimum atomic E-state index is 0.100. The van der Waals surface area contributed by atoms with Crippen molar-refractivity contribution in [3.8, 4) is 0 Å². The van der Waals surface area contributed by atoms with Crippen LogP contribution in [0.4, 0.5) is 0 Å². The van der Waals surface area contributed by atoms with E-state index in [2.05, 4.69) is 27.4 Å². The number of nitrogen functional groups attached to an aromatic ring is 1. The summed E-state index contributed by atoms with van der Waals surface area (Å²) in [6, 6.07) is 7.48. The van der Waals surface area contributed by atoms with Gasteiger partial charge in [0, 0.05) is 5.56 Å². The zero-order valence-electron chi connectivity index (χ0n) is 16.8. The highest BCUT2D eigenvalue weighted by molar-refractivity contribution is 5.95. The molecule has 3 N–H and O–H groups in total. The van der Waals surface area contributed by atoms with E-state index in [0.29, 0.717) is 0 Å². The molecule has 0 aliphatic heterocycles. The van der Waals surface area contributed by atoms with Crippen LogP contribution in [0.3, 0.4) is 0 Å². The Labute approximate surface area is 155 Å². The second-order valence-corrected chi connectivity index (χ2v) is 7.95. The average molecular weight is 343 g/mol. The van der Waals surface area contributed by atoms with Crippen LogP contribution in [0.2, 0.25) is 0 Å². The van der Waals surface area contributed by atoms with E-state index in [1.54, 1.807) is 0 Å². The maximum atomic E-state index is 7.17. The van der Waals surface area contributed by atoms with Crippen LogP contribution in [0.25, 0.3) is 5.57 Å². The molecule has 2 heteroatoms. The summed E-state index contributed by atoms with van der Waals surface area (Å²) in [6.45, 7) is 12.9. The van der Waals surface area contributed by atoms with Crippen molar-refractivity contribution >= 4 is 11.4 Å². The lowest BCUT2D eigenvalue weighted by Gasteiger charge is -2.39. The van der Waals surface area contributed by atoms with Crippen LogP contribution in [0, 0.1) is 16.7 Å². The second kappa shape index (κ2) is 10.4. The van der Waals surface area contributed by atoms with Crippen molar-refractivity contribution < 1.29 is 0 Å². The first kappa shape index (κ1) is 21.5. The van der Waals surface area contributed by atoms with Crippen molar-refractivity contribution in [2.24, 2.45) is 17.1 Å². The molecule has 1 saturated carbocycles. The number of rotatable bonds is 6. The minimum absolute atomic E-state index is 0.100. The van der Waals surface area contributed by atoms with Gasteiger partial charge < -0.3 is 5.73 Å². The molecule has 25 heavy (non-hydrogen) atoms. The monoisotopic (exact) mass is 342 g/mol. The number of nitrogens with two attached hydrogens (primary N) is 1. The van der Waals surface area contributed by atoms with Gasteiger partial charge in [-0.25, -0.2) is 0 Å². The molecule has 0 unspecified atom stereocenters. The quantitative estimate of drug-likeness (QED) is 0.434. The lowest BCUT2D eigenvalue weighted by molar-refractivity contribution is 0.127. The van der Waals surface area contributed by atoms with E-state index in [4.69, 9.17) is 11.1 Å². The number of amidine groups is 1. The predicted octanol–water partition coefficient (Wildman–Crippen LogP) is 6.79. The molecular weight excluding hydrogens is 304 g/mol. The van der Waals surface area contributed by atoms with E-state index < -0.39 is 0 Å². The van der Waals surface area contributed by atoms with Gasteiger partial charge in [0.25, 0.3) is 0 Å². The average Bonchev–Trinajstić information content (AvgIpc) is 2.59. The summed E-state index contributed by atoms with van der Waals surface area (Å²) in [5.41, 5.74) is 8.91. The third-order valence-corrected chi connectivity index (χ3v) is 5.58. The van der Waals surface area contributed by atoms with Gasteiger partial charge >= 0.3 is 0 Å². The smallest absolute Gasteiger partial charge is 0.122 e. The van der Waals surface area contributed by atoms with E-state index in [1.165, 1.54) is 51.4 Å². The fraction of sp³-hybridized carbons (Fsp3) is 0.609. The van der Waals surface area contributed by atoms with Gasteiger partial charge in [-0.2, -0.15) is 0 Å². The molecule has 0 spiro atoms. The molecule has 0 amide bonds. The van der Waals surface area contributed by atoms with Gasteiger partial charge in [-0.15, -0.1) is 0 Å². The molecular formula is C23H38N2. The Morgan fingerprint density at radius 3 is 1.88 bits per heavy atom. The van der Waals surface area contributed by atoms with Crippen LogP contribution in [-0.2, 0) is 0 Å². The summed E-state index contributed by atoms with van der Waals surface area (Å²) in [7, 11) is 0. The van der Waals surface area contributed by atoms with Crippen molar-refractivity contribution in [3.05, 3.63) is 42.0 Å². The Bertz CT molecular complexity index is 493. The van der Waals surface area contributed by atoms with Crippen LogP contribution >= 0.6 is 0 Å². The largest absolute Gasteiger partial charge is 0.384 e. The van der Waals surface area contributed by atoms with Crippen molar-refractivity contribution in [1.29, 1.82) is 5.41 Å². The van der Waals surface area contributed by atoms with Crippen LogP contribution in [0.5, 0.6) is 0 Å².